The van der Waals surface area contributed by atoms with Gasteiger partial charge in [0, 0.05) is 4.47 Å². The summed E-state index contributed by atoms with van der Waals surface area (Å²) in [7, 11) is -1.20. The maximum Gasteiger partial charge on any atom is 0.145 e. The summed E-state index contributed by atoms with van der Waals surface area (Å²) in [5.74, 6) is 0. The molecule has 0 fully saturated rings. The Morgan fingerprint density at radius 2 is 1.75 bits per heavy atom. The van der Waals surface area contributed by atoms with Crippen molar-refractivity contribution in [3.8, 4) is 0 Å². The van der Waals surface area contributed by atoms with Crippen LogP contribution in [0.3, 0.4) is 0 Å². The van der Waals surface area contributed by atoms with Gasteiger partial charge in [-0.05, 0) is 45.4 Å². The zero-order chi connectivity index (χ0) is 12.3. The van der Waals surface area contributed by atoms with Gasteiger partial charge in [-0.1, -0.05) is 28.1 Å². The molecular weight excluding hydrogens is 286 g/mol. The molecule has 0 bridgehead atoms. The minimum atomic E-state index is -1.20. The van der Waals surface area contributed by atoms with Gasteiger partial charge in [-0.25, -0.2) is 4.21 Å². The second-order valence-electron chi connectivity index (χ2n) is 4.55. The molecule has 0 aliphatic rings. The summed E-state index contributed by atoms with van der Waals surface area (Å²) in [5, 5.41) is 0. The van der Waals surface area contributed by atoms with Crippen LogP contribution in [-0.4, -0.2) is 14.7 Å². The topological polar surface area (TPSA) is 29.4 Å². The van der Waals surface area contributed by atoms with Crippen LogP contribution in [0, 0.1) is 0 Å². The fourth-order valence-electron chi connectivity index (χ4n) is 1.01. The standard InChI is InChI=1S/C12H16BrNOS/c1-9(14-16(15)12(2,3)4)10-5-7-11(13)8-6-10/h5-8H,1-4H3/b14-9+/t16-/m1/s1. The number of benzene rings is 1. The van der Waals surface area contributed by atoms with Crippen LogP contribution >= 0.6 is 15.9 Å². The fraction of sp³-hybridized carbons (Fsp3) is 0.417. The third-order valence-electron chi connectivity index (χ3n) is 2.01. The van der Waals surface area contributed by atoms with Gasteiger partial charge < -0.3 is 0 Å². The summed E-state index contributed by atoms with van der Waals surface area (Å²) in [6.07, 6.45) is 0. The average molecular weight is 302 g/mol. The van der Waals surface area contributed by atoms with Crippen molar-refractivity contribution in [2.75, 3.05) is 0 Å². The SMILES string of the molecule is C/C(=N\[S@](=O)C(C)(C)C)c1ccc(Br)cc1. The second kappa shape index (κ2) is 5.23. The fourth-order valence-corrected chi connectivity index (χ4v) is 1.90. The minimum Gasteiger partial charge on any atom is -0.234 e. The van der Waals surface area contributed by atoms with Crippen LogP contribution in [0.15, 0.2) is 33.1 Å². The van der Waals surface area contributed by atoms with E-state index in [9.17, 15) is 4.21 Å². The van der Waals surface area contributed by atoms with E-state index < -0.39 is 11.0 Å². The van der Waals surface area contributed by atoms with Crippen LogP contribution in [0.5, 0.6) is 0 Å². The van der Waals surface area contributed by atoms with Gasteiger partial charge in [0.05, 0.1) is 10.5 Å². The lowest BCUT2D eigenvalue weighted by atomic mass is 10.1. The van der Waals surface area contributed by atoms with Crippen molar-refractivity contribution in [2.24, 2.45) is 4.40 Å². The molecule has 0 radical (unpaired) electrons. The molecule has 1 atom stereocenters. The summed E-state index contributed by atoms with van der Waals surface area (Å²) < 4.78 is 16.8. The second-order valence-corrected chi connectivity index (χ2v) is 7.37. The summed E-state index contributed by atoms with van der Waals surface area (Å²) in [6, 6.07) is 7.83. The van der Waals surface area contributed by atoms with Gasteiger partial charge in [0.1, 0.15) is 11.0 Å². The quantitative estimate of drug-likeness (QED) is 0.766. The minimum absolute atomic E-state index is 0.309. The van der Waals surface area contributed by atoms with Crippen LogP contribution in [0.1, 0.15) is 33.3 Å². The number of nitrogens with zero attached hydrogens (tertiary/aromatic N) is 1. The first kappa shape index (κ1) is 13.6. The lowest BCUT2D eigenvalue weighted by Gasteiger charge is -2.14. The predicted molar refractivity (Wildman–Crippen MR) is 74.2 cm³/mol. The van der Waals surface area contributed by atoms with Gasteiger partial charge in [-0.15, -0.1) is 0 Å². The first-order chi connectivity index (χ1) is 7.30. The number of halogens is 1. The van der Waals surface area contributed by atoms with E-state index in [4.69, 9.17) is 0 Å². The molecule has 1 aromatic carbocycles. The predicted octanol–water partition coefficient (Wildman–Crippen LogP) is 3.72. The van der Waals surface area contributed by atoms with Crippen molar-refractivity contribution in [3.05, 3.63) is 34.3 Å². The maximum atomic E-state index is 11.8. The Bertz CT molecular complexity index is 418. The lowest BCUT2D eigenvalue weighted by Crippen LogP contribution is -2.20. The number of hydrogen-bond acceptors (Lipinski definition) is 1. The van der Waals surface area contributed by atoms with Crippen molar-refractivity contribution in [1.82, 2.24) is 0 Å². The van der Waals surface area contributed by atoms with Crippen molar-refractivity contribution < 1.29 is 4.21 Å². The van der Waals surface area contributed by atoms with Gasteiger partial charge in [0.15, 0.2) is 0 Å². The Hall–Kier alpha value is -0.480. The molecule has 0 heterocycles. The largest absolute Gasteiger partial charge is 0.234 e. The highest BCUT2D eigenvalue weighted by atomic mass is 79.9. The van der Waals surface area contributed by atoms with E-state index in [1.54, 1.807) is 0 Å². The zero-order valence-electron chi connectivity index (χ0n) is 9.95. The summed E-state index contributed by atoms with van der Waals surface area (Å²) in [4.78, 5) is 0. The highest BCUT2D eigenvalue weighted by Gasteiger charge is 2.19. The maximum absolute atomic E-state index is 11.8. The normalized spacial score (nSPS) is 14.9. The zero-order valence-corrected chi connectivity index (χ0v) is 12.4. The molecule has 0 aromatic heterocycles. The van der Waals surface area contributed by atoms with Gasteiger partial charge in [0.25, 0.3) is 0 Å². The van der Waals surface area contributed by atoms with Crippen LogP contribution in [0.4, 0.5) is 0 Å². The molecule has 88 valence electrons. The first-order valence-corrected chi connectivity index (χ1v) is 6.94. The Morgan fingerprint density at radius 3 is 2.19 bits per heavy atom. The van der Waals surface area contributed by atoms with E-state index in [1.807, 2.05) is 52.0 Å². The third-order valence-corrected chi connectivity index (χ3v) is 4.02. The van der Waals surface area contributed by atoms with Crippen molar-refractivity contribution >= 4 is 32.6 Å². The van der Waals surface area contributed by atoms with E-state index in [0.717, 1.165) is 15.7 Å². The van der Waals surface area contributed by atoms with E-state index in [2.05, 4.69) is 20.3 Å². The van der Waals surface area contributed by atoms with Crippen molar-refractivity contribution in [2.45, 2.75) is 32.4 Å². The van der Waals surface area contributed by atoms with Gasteiger partial charge in [0.2, 0.25) is 0 Å². The Morgan fingerprint density at radius 1 is 1.25 bits per heavy atom. The summed E-state index contributed by atoms with van der Waals surface area (Å²) in [5.41, 5.74) is 1.81. The Kier molecular flexibility index (Phi) is 4.44. The van der Waals surface area contributed by atoms with E-state index in [1.165, 1.54) is 0 Å². The monoisotopic (exact) mass is 301 g/mol. The van der Waals surface area contributed by atoms with Gasteiger partial charge >= 0.3 is 0 Å². The average Bonchev–Trinajstić information content (AvgIpc) is 2.17. The number of rotatable bonds is 2. The molecule has 0 unspecified atom stereocenters. The molecule has 0 amide bonds. The summed E-state index contributed by atoms with van der Waals surface area (Å²) >= 11 is 3.38. The molecule has 0 aliphatic heterocycles. The smallest absolute Gasteiger partial charge is 0.145 e. The molecule has 0 aliphatic carbocycles. The van der Waals surface area contributed by atoms with Crippen molar-refractivity contribution in [3.63, 3.8) is 0 Å². The van der Waals surface area contributed by atoms with Crippen LogP contribution < -0.4 is 0 Å². The first-order valence-electron chi connectivity index (χ1n) is 5.04. The van der Waals surface area contributed by atoms with Crippen LogP contribution in [-0.2, 0) is 11.0 Å². The lowest BCUT2D eigenvalue weighted by molar-refractivity contribution is 0.650. The van der Waals surface area contributed by atoms with E-state index in [-0.39, 0.29) is 4.75 Å². The van der Waals surface area contributed by atoms with E-state index in [0.29, 0.717) is 0 Å². The molecule has 1 rings (SSSR count). The van der Waals surface area contributed by atoms with Crippen LogP contribution in [0.25, 0.3) is 0 Å². The van der Waals surface area contributed by atoms with Crippen molar-refractivity contribution in [1.29, 1.82) is 0 Å². The highest BCUT2D eigenvalue weighted by molar-refractivity contribution is 9.10. The molecule has 0 N–H and O–H groups in total. The molecule has 1 aromatic rings. The molecule has 16 heavy (non-hydrogen) atoms. The summed E-state index contributed by atoms with van der Waals surface area (Å²) in [6.45, 7) is 7.64. The molecule has 2 nitrogen and oxygen atoms in total. The third kappa shape index (κ3) is 3.83. The van der Waals surface area contributed by atoms with Gasteiger partial charge in [-0.2, -0.15) is 4.40 Å². The van der Waals surface area contributed by atoms with Gasteiger partial charge in [-0.3, -0.25) is 0 Å². The van der Waals surface area contributed by atoms with Crippen LogP contribution in [0.2, 0.25) is 0 Å². The molecule has 0 saturated carbocycles. The molecular formula is C12H16BrNOS. The highest BCUT2D eigenvalue weighted by Crippen LogP contribution is 2.15. The molecule has 0 saturated heterocycles. The Labute approximate surface area is 108 Å². The number of hydrogen-bond donors (Lipinski definition) is 0. The molecule has 4 heteroatoms. The van der Waals surface area contributed by atoms with E-state index >= 15 is 0 Å². The Balaban J connectivity index is 2.94. The molecule has 0 spiro atoms.